The number of likely N-dealkylation sites (tertiary alicyclic amines) is 1. The zero-order valence-electron chi connectivity index (χ0n) is 11.4. The molecule has 0 aliphatic carbocycles. The summed E-state index contributed by atoms with van der Waals surface area (Å²) in [4.78, 5) is 14.6. The lowest BCUT2D eigenvalue weighted by Crippen LogP contribution is -2.38. The van der Waals surface area contributed by atoms with Crippen molar-refractivity contribution in [2.75, 3.05) is 13.1 Å². The standard InChI is InChI=1S/C15H17ClN2OS/c1-10(15(19)18-7-3-2-4-8-18)14-12-6-5-11(16)9-13(12)20-17-14/h5-6,9-10H,2-4,7-8H2,1H3. The van der Waals surface area contributed by atoms with Crippen LogP contribution < -0.4 is 0 Å². The van der Waals surface area contributed by atoms with E-state index < -0.39 is 0 Å². The molecule has 0 radical (unpaired) electrons. The first-order valence-electron chi connectivity index (χ1n) is 7.00. The molecular formula is C15H17ClN2OS. The Morgan fingerprint density at radius 2 is 2.10 bits per heavy atom. The summed E-state index contributed by atoms with van der Waals surface area (Å²) in [6.07, 6.45) is 3.47. The first kappa shape index (κ1) is 13.8. The van der Waals surface area contributed by atoms with Gasteiger partial charge in [-0.2, -0.15) is 4.37 Å². The van der Waals surface area contributed by atoms with Gasteiger partial charge in [0, 0.05) is 23.5 Å². The third kappa shape index (κ3) is 2.54. The van der Waals surface area contributed by atoms with Gasteiger partial charge in [-0.1, -0.05) is 17.7 Å². The van der Waals surface area contributed by atoms with E-state index in [9.17, 15) is 4.79 Å². The number of halogens is 1. The predicted molar refractivity (Wildman–Crippen MR) is 83.5 cm³/mol. The fourth-order valence-corrected chi connectivity index (χ4v) is 3.89. The second kappa shape index (κ2) is 5.70. The van der Waals surface area contributed by atoms with Gasteiger partial charge in [-0.25, -0.2) is 0 Å². The molecule has 3 nitrogen and oxygen atoms in total. The first-order valence-corrected chi connectivity index (χ1v) is 8.15. The van der Waals surface area contributed by atoms with Crippen molar-refractivity contribution in [3.05, 3.63) is 28.9 Å². The average molecular weight is 309 g/mol. The van der Waals surface area contributed by atoms with E-state index in [4.69, 9.17) is 11.6 Å². The predicted octanol–water partition coefficient (Wildman–Crippen LogP) is 4.07. The summed E-state index contributed by atoms with van der Waals surface area (Å²) in [6.45, 7) is 3.73. The third-order valence-electron chi connectivity index (χ3n) is 3.91. The smallest absolute Gasteiger partial charge is 0.231 e. The van der Waals surface area contributed by atoms with Crippen LogP contribution in [0.5, 0.6) is 0 Å². The molecule has 0 spiro atoms. The number of piperidine rings is 1. The van der Waals surface area contributed by atoms with E-state index in [-0.39, 0.29) is 11.8 Å². The Balaban J connectivity index is 1.88. The van der Waals surface area contributed by atoms with Crippen LogP contribution in [0.2, 0.25) is 5.02 Å². The van der Waals surface area contributed by atoms with Gasteiger partial charge < -0.3 is 4.90 Å². The monoisotopic (exact) mass is 308 g/mol. The van der Waals surface area contributed by atoms with E-state index in [1.54, 1.807) is 0 Å². The van der Waals surface area contributed by atoms with Crippen molar-refractivity contribution in [3.63, 3.8) is 0 Å². The molecule has 1 unspecified atom stereocenters. The summed E-state index contributed by atoms with van der Waals surface area (Å²) < 4.78 is 5.53. The van der Waals surface area contributed by atoms with Crippen LogP contribution in [0.3, 0.4) is 0 Å². The van der Waals surface area contributed by atoms with Crippen LogP contribution in [0, 0.1) is 0 Å². The van der Waals surface area contributed by atoms with Crippen LogP contribution in [-0.2, 0) is 4.79 Å². The highest BCUT2D eigenvalue weighted by atomic mass is 35.5. The maximum absolute atomic E-state index is 12.6. The number of rotatable bonds is 2. The van der Waals surface area contributed by atoms with E-state index >= 15 is 0 Å². The molecule has 2 aromatic rings. The molecule has 1 aromatic heterocycles. The van der Waals surface area contributed by atoms with Gasteiger partial charge >= 0.3 is 0 Å². The molecule has 5 heteroatoms. The molecule has 0 saturated carbocycles. The molecule has 1 aliphatic rings. The molecule has 0 N–H and O–H groups in total. The quantitative estimate of drug-likeness (QED) is 0.838. The first-order chi connectivity index (χ1) is 9.66. The van der Waals surface area contributed by atoms with Crippen molar-refractivity contribution in [1.82, 2.24) is 9.27 Å². The zero-order chi connectivity index (χ0) is 14.1. The Morgan fingerprint density at radius 1 is 1.35 bits per heavy atom. The maximum Gasteiger partial charge on any atom is 0.231 e. The number of benzene rings is 1. The molecule has 106 valence electrons. The molecule has 1 aromatic carbocycles. The molecule has 2 heterocycles. The molecule has 20 heavy (non-hydrogen) atoms. The van der Waals surface area contributed by atoms with Crippen molar-refractivity contribution in [2.45, 2.75) is 32.1 Å². The van der Waals surface area contributed by atoms with E-state index in [0.717, 1.165) is 41.7 Å². The van der Waals surface area contributed by atoms with Crippen molar-refractivity contribution < 1.29 is 4.79 Å². The Bertz CT molecular complexity index is 634. The van der Waals surface area contributed by atoms with E-state index in [1.165, 1.54) is 18.0 Å². The minimum absolute atomic E-state index is 0.178. The van der Waals surface area contributed by atoms with Crippen LogP contribution in [0.15, 0.2) is 18.2 Å². The fraction of sp³-hybridized carbons (Fsp3) is 0.467. The van der Waals surface area contributed by atoms with Gasteiger partial charge in [0.15, 0.2) is 0 Å². The molecule has 1 aliphatic heterocycles. The normalized spacial score (nSPS) is 17.4. The number of hydrogen-bond donors (Lipinski definition) is 0. The molecule has 1 fully saturated rings. The Labute approximate surface area is 127 Å². The van der Waals surface area contributed by atoms with Crippen LogP contribution in [0.1, 0.15) is 37.8 Å². The van der Waals surface area contributed by atoms with Crippen molar-refractivity contribution >= 4 is 39.1 Å². The Hall–Kier alpha value is -1.13. The molecule has 1 amide bonds. The second-order valence-electron chi connectivity index (χ2n) is 5.32. The van der Waals surface area contributed by atoms with E-state index in [2.05, 4.69) is 4.37 Å². The van der Waals surface area contributed by atoms with E-state index in [1.807, 2.05) is 30.0 Å². The lowest BCUT2D eigenvalue weighted by Gasteiger charge is -2.28. The average Bonchev–Trinajstić information content (AvgIpc) is 2.89. The fourth-order valence-electron chi connectivity index (χ4n) is 2.75. The molecule has 3 rings (SSSR count). The summed E-state index contributed by atoms with van der Waals surface area (Å²) in [6, 6.07) is 5.74. The summed E-state index contributed by atoms with van der Waals surface area (Å²) in [5.74, 6) is 0.0230. The third-order valence-corrected chi connectivity index (χ3v) is 4.97. The highest BCUT2D eigenvalue weighted by Crippen LogP contribution is 2.31. The largest absolute Gasteiger partial charge is 0.342 e. The number of amides is 1. The highest BCUT2D eigenvalue weighted by Gasteiger charge is 2.26. The minimum atomic E-state index is -0.178. The number of hydrogen-bond acceptors (Lipinski definition) is 3. The summed E-state index contributed by atoms with van der Waals surface area (Å²) in [5.41, 5.74) is 0.886. The number of aromatic nitrogens is 1. The van der Waals surface area contributed by atoms with Gasteiger partial charge in [-0.3, -0.25) is 4.79 Å². The van der Waals surface area contributed by atoms with Crippen molar-refractivity contribution in [3.8, 4) is 0 Å². The Morgan fingerprint density at radius 3 is 2.85 bits per heavy atom. The van der Waals surface area contributed by atoms with Crippen LogP contribution in [-0.4, -0.2) is 28.3 Å². The zero-order valence-corrected chi connectivity index (χ0v) is 13.0. The topological polar surface area (TPSA) is 33.2 Å². The van der Waals surface area contributed by atoms with Crippen LogP contribution in [0.25, 0.3) is 10.1 Å². The number of carbonyl (C=O) groups excluding carboxylic acids is 1. The lowest BCUT2D eigenvalue weighted by atomic mass is 10.0. The van der Waals surface area contributed by atoms with Gasteiger partial charge in [-0.05, 0) is 49.9 Å². The summed E-state index contributed by atoms with van der Waals surface area (Å²) in [7, 11) is 0. The highest BCUT2D eigenvalue weighted by molar-refractivity contribution is 7.13. The SMILES string of the molecule is CC(C(=O)N1CCCCC1)c1nsc2cc(Cl)ccc12. The van der Waals surface area contributed by atoms with Crippen LogP contribution >= 0.6 is 23.1 Å². The lowest BCUT2D eigenvalue weighted by molar-refractivity contribution is -0.133. The second-order valence-corrected chi connectivity index (χ2v) is 6.56. The molecular weight excluding hydrogens is 292 g/mol. The van der Waals surface area contributed by atoms with Crippen LogP contribution in [0.4, 0.5) is 0 Å². The number of fused-ring (bicyclic) bond motifs is 1. The molecule has 1 atom stereocenters. The van der Waals surface area contributed by atoms with Crippen molar-refractivity contribution in [2.24, 2.45) is 0 Å². The summed E-state index contributed by atoms with van der Waals surface area (Å²) >= 11 is 7.41. The maximum atomic E-state index is 12.6. The van der Waals surface area contributed by atoms with E-state index in [0.29, 0.717) is 5.02 Å². The van der Waals surface area contributed by atoms with Gasteiger partial charge in [0.2, 0.25) is 5.91 Å². The molecule has 1 saturated heterocycles. The molecule has 0 bridgehead atoms. The van der Waals surface area contributed by atoms with Gasteiger partial charge in [0.25, 0.3) is 0 Å². The van der Waals surface area contributed by atoms with Gasteiger partial charge in [0.1, 0.15) is 0 Å². The Kier molecular flexibility index (Phi) is 3.94. The van der Waals surface area contributed by atoms with Gasteiger partial charge in [0.05, 0.1) is 16.3 Å². The minimum Gasteiger partial charge on any atom is -0.342 e. The van der Waals surface area contributed by atoms with Gasteiger partial charge in [-0.15, -0.1) is 0 Å². The number of carbonyl (C=O) groups is 1. The number of nitrogens with zero attached hydrogens (tertiary/aromatic N) is 2. The van der Waals surface area contributed by atoms with Crippen molar-refractivity contribution in [1.29, 1.82) is 0 Å². The summed E-state index contributed by atoms with van der Waals surface area (Å²) in [5, 5.41) is 1.76.